The average molecular weight is 281 g/mol. The first-order chi connectivity index (χ1) is 9.13. The predicted molar refractivity (Wildman–Crippen MR) is 76.8 cm³/mol. The molecule has 0 amide bonds. The van der Waals surface area contributed by atoms with Gasteiger partial charge in [0, 0.05) is 29.3 Å². The Morgan fingerprint density at radius 1 is 1.32 bits per heavy atom. The minimum Gasteiger partial charge on any atom is -0.465 e. The monoisotopic (exact) mass is 281 g/mol. The molecule has 0 aliphatic carbocycles. The van der Waals surface area contributed by atoms with Crippen LogP contribution in [0, 0.1) is 0 Å². The fraction of sp³-hybridized carbons (Fsp3) is 0.500. The number of esters is 1. The summed E-state index contributed by atoms with van der Waals surface area (Å²) in [5, 5.41) is 0.0812. The van der Waals surface area contributed by atoms with E-state index in [9.17, 15) is 9.00 Å². The van der Waals surface area contributed by atoms with Crippen molar-refractivity contribution < 1.29 is 13.7 Å². The third kappa shape index (κ3) is 3.15. The number of anilines is 1. The molecule has 1 aromatic rings. The minimum atomic E-state index is -0.864. The molecule has 1 heterocycles. The Balaban J connectivity index is 2.20. The van der Waals surface area contributed by atoms with Crippen molar-refractivity contribution in [2.45, 2.75) is 24.6 Å². The number of ether oxygens (including phenoxy) is 1. The van der Waals surface area contributed by atoms with Crippen molar-refractivity contribution in [1.29, 1.82) is 0 Å². The number of rotatable bonds is 3. The first-order valence-electron chi connectivity index (χ1n) is 6.40. The molecule has 104 valence electrons. The maximum absolute atomic E-state index is 11.8. The van der Waals surface area contributed by atoms with Crippen molar-refractivity contribution in [2.24, 2.45) is 0 Å². The summed E-state index contributed by atoms with van der Waals surface area (Å²) in [4.78, 5) is 13.6. The van der Waals surface area contributed by atoms with Gasteiger partial charge in [0.1, 0.15) is 5.37 Å². The van der Waals surface area contributed by atoms with Crippen LogP contribution >= 0.6 is 0 Å². The molecule has 0 aromatic heterocycles. The van der Waals surface area contributed by atoms with Crippen molar-refractivity contribution in [3.05, 3.63) is 29.8 Å². The van der Waals surface area contributed by atoms with Gasteiger partial charge >= 0.3 is 5.97 Å². The molecule has 1 aliphatic heterocycles. The SMILES string of the molecule is COC(=O)c1ccc(N2CCCCC2S(C)=O)cc1. The van der Waals surface area contributed by atoms with E-state index in [1.807, 2.05) is 12.1 Å². The van der Waals surface area contributed by atoms with Crippen LogP contribution in [0.3, 0.4) is 0 Å². The number of carbonyl (C=O) groups excluding carboxylic acids is 1. The highest BCUT2D eigenvalue weighted by Gasteiger charge is 2.25. The summed E-state index contributed by atoms with van der Waals surface area (Å²) in [7, 11) is 0.508. The second kappa shape index (κ2) is 6.19. The maximum atomic E-state index is 11.8. The lowest BCUT2D eigenvalue weighted by Crippen LogP contribution is -2.42. The molecule has 2 unspecified atom stereocenters. The highest BCUT2D eigenvalue weighted by Crippen LogP contribution is 2.26. The average Bonchev–Trinajstić information content (AvgIpc) is 2.46. The summed E-state index contributed by atoms with van der Waals surface area (Å²) >= 11 is 0. The van der Waals surface area contributed by atoms with Crippen LogP contribution in [0.2, 0.25) is 0 Å². The van der Waals surface area contributed by atoms with Crippen LogP contribution in [0.1, 0.15) is 29.6 Å². The van der Waals surface area contributed by atoms with E-state index in [-0.39, 0.29) is 11.3 Å². The Bertz CT molecular complexity index is 472. The van der Waals surface area contributed by atoms with Gasteiger partial charge in [-0.1, -0.05) is 0 Å². The van der Waals surface area contributed by atoms with Crippen molar-refractivity contribution >= 4 is 22.5 Å². The number of hydrogen-bond donors (Lipinski definition) is 0. The van der Waals surface area contributed by atoms with Gasteiger partial charge in [0.25, 0.3) is 0 Å². The first-order valence-corrected chi connectivity index (χ1v) is 8.03. The van der Waals surface area contributed by atoms with Gasteiger partial charge in [0.15, 0.2) is 0 Å². The van der Waals surface area contributed by atoms with Gasteiger partial charge in [-0.15, -0.1) is 0 Å². The van der Waals surface area contributed by atoms with Gasteiger partial charge in [-0.25, -0.2) is 4.79 Å². The highest BCUT2D eigenvalue weighted by atomic mass is 32.2. The van der Waals surface area contributed by atoms with Gasteiger partial charge in [0.2, 0.25) is 0 Å². The molecular weight excluding hydrogens is 262 g/mol. The van der Waals surface area contributed by atoms with Crippen molar-refractivity contribution in [3.63, 3.8) is 0 Å². The molecule has 5 heteroatoms. The molecule has 0 N–H and O–H groups in total. The molecule has 2 atom stereocenters. The zero-order valence-corrected chi connectivity index (χ0v) is 12.1. The van der Waals surface area contributed by atoms with Crippen molar-refractivity contribution in [1.82, 2.24) is 0 Å². The van der Waals surface area contributed by atoms with Gasteiger partial charge in [-0.2, -0.15) is 0 Å². The van der Waals surface area contributed by atoms with Crippen LogP contribution in [-0.2, 0) is 15.5 Å². The summed E-state index contributed by atoms with van der Waals surface area (Å²) < 4.78 is 16.5. The zero-order valence-electron chi connectivity index (χ0n) is 11.3. The molecule has 19 heavy (non-hydrogen) atoms. The van der Waals surface area contributed by atoms with E-state index >= 15 is 0 Å². The van der Waals surface area contributed by atoms with Crippen molar-refractivity contribution in [2.75, 3.05) is 24.8 Å². The molecule has 0 bridgehead atoms. The summed E-state index contributed by atoms with van der Waals surface area (Å²) in [6, 6.07) is 7.31. The molecule has 0 saturated carbocycles. The van der Waals surface area contributed by atoms with E-state index in [1.54, 1.807) is 18.4 Å². The third-order valence-corrected chi connectivity index (χ3v) is 4.71. The number of carbonyl (C=O) groups is 1. The van der Waals surface area contributed by atoms with E-state index < -0.39 is 10.8 Å². The number of nitrogens with zero attached hydrogens (tertiary/aromatic N) is 1. The standard InChI is InChI=1S/C14H19NO3S/c1-18-14(16)11-6-8-12(9-7-11)15-10-4-3-5-13(15)19(2)17/h6-9,13H,3-5,10H2,1-2H3. The smallest absolute Gasteiger partial charge is 0.337 e. The molecule has 2 rings (SSSR count). The zero-order chi connectivity index (χ0) is 13.8. The molecule has 1 fully saturated rings. The second-order valence-electron chi connectivity index (χ2n) is 4.68. The van der Waals surface area contributed by atoms with Crippen LogP contribution in [0.4, 0.5) is 5.69 Å². The Morgan fingerprint density at radius 2 is 2.00 bits per heavy atom. The van der Waals surface area contributed by atoms with E-state index in [0.29, 0.717) is 5.56 Å². The summed E-state index contributed by atoms with van der Waals surface area (Å²) in [5.41, 5.74) is 1.56. The molecule has 1 saturated heterocycles. The fourth-order valence-corrected chi connectivity index (χ4v) is 3.53. The summed E-state index contributed by atoms with van der Waals surface area (Å²) in [5.74, 6) is -0.333. The Kier molecular flexibility index (Phi) is 4.58. The van der Waals surface area contributed by atoms with E-state index in [4.69, 9.17) is 0 Å². The normalized spacial score (nSPS) is 20.9. The molecule has 1 aromatic carbocycles. The molecule has 4 nitrogen and oxygen atoms in total. The van der Waals surface area contributed by atoms with Crippen LogP contribution < -0.4 is 4.90 Å². The second-order valence-corrected chi connectivity index (χ2v) is 6.22. The van der Waals surface area contributed by atoms with Gasteiger partial charge in [-0.05, 0) is 43.5 Å². The third-order valence-electron chi connectivity index (χ3n) is 3.45. The molecule has 1 aliphatic rings. The Hall–Kier alpha value is -1.36. The lowest BCUT2D eigenvalue weighted by atomic mass is 10.1. The predicted octanol–water partition coefficient (Wildman–Crippen LogP) is 2.17. The van der Waals surface area contributed by atoms with E-state index in [0.717, 1.165) is 31.5 Å². The maximum Gasteiger partial charge on any atom is 0.337 e. The van der Waals surface area contributed by atoms with Gasteiger partial charge in [-0.3, -0.25) is 4.21 Å². The van der Waals surface area contributed by atoms with Crippen LogP contribution in [0.5, 0.6) is 0 Å². The quantitative estimate of drug-likeness (QED) is 0.797. The van der Waals surface area contributed by atoms with Gasteiger partial charge < -0.3 is 9.64 Å². The van der Waals surface area contributed by atoms with Crippen LogP contribution in [-0.4, -0.2) is 35.5 Å². The molecule has 0 radical (unpaired) electrons. The number of benzene rings is 1. The summed E-state index contributed by atoms with van der Waals surface area (Å²) in [6.45, 7) is 0.918. The minimum absolute atomic E-state index is 0.0812. The topological polar surface area (TPSA) is 46.6 Å². The number of piperidine rings is 1. The number of methoxy groups -OCH3 is 1. The van der Waals surface area contributed by atoms with Crippen LogP contribution in [0.15, 0.2) is 24.3 Å². The Labute approximate surface area is 116 Å². The first kappa shape index (κ1) is 14.1. The lowest BCUT2D eigenvalue weighted by Gasteiger charge is -2.36. The lowest BCUT2D eigenvalue weighted by molar-refractivity contribution is 0.0601. The van der Waals surface area contributed by atoms with Gasteiger partial charge in [0.05, 0.1) is 12.7 Å². The number of hydrogen-bond acceptors (Lipinski definition) is 4. The van der Waals surface area contributed by atoms with E-state index in [2.05, 4.69) is 9.64 Å². The fourth-order valence-electron chi connectivity index (χ4n) is 2.45. The molecular formula is C14H19NO3S. The Morgan fingerprint density at radius 3 is 2.58 bits per heavy atom. The summed E-state index contributed by atoms with van der Waals surface area (Å²) in [6.07, 6.45) is 4.96. The van der Waals surface area contributed by atoms with Crippen LogP contribution in [0.25, 0.3) is 0 Å². The van der Waals surface area contributed by atoms with E-state index in [1.165, 1.54) is 7.11 Å². The highest BCUT2D eigenvalue weighted by molar-refractivity contribution is 7.85. The molecule has 0 spiro atoms. The largest absolute Gasteiger partial charge is 0.465 e. The van der Waals surface area contributed by atoms with Crippen molar-refractivity contribution in [3.8, 4) is 0 Å².